The highest BCUT2D eigenvalue weighted by Crippen LogP contribution is 2.18. The van der Waals surface area contributed by atoms with E-state index >= 15 is 0 Å². The summed E-state index contributed by atoms with van der Waals surface area (Å²) >= 11 is 0. The van der Waals surface area contributed by atoms with Gasteiger partial charge in [-0.15, -0.1) is 0 Å². The van der Waals surface area contributed by atoms with Gasteiger partial charge in [-0.05, 0) is 18.4 Å². The first-order valence-corrected chi connectivity index (χ1v) is 5.96. The van der Waals surface area contributed by atoms with E-state index in [-0.39, 0.29) is 18.1 Å². The Hall–Kier alpha value is -1.39. The van der Waals surface area contributed by atoms with E-state index in [4.69, 9.17) is 10.5 Å². The average Bonchev–Trinajstić information content (AvgIpc) is 2.86. The number of rotatable bonds is 4. The molecular weight excluding hydrogens is 216 g/mol. The van der Waals surface area contributed by atoms with Crippen molar-refractivity contribution >= 4 is 5.91 Å². The molecule has 1 fully saturated rings. The molecule has 17 heavy (non-hydrogen) atoms. The maximum absolute atomic E-state index is 11.8. The number of hydrogen-bond acceptors (Lipinski definition) is 3. The van der Waals surface area contributed by atoms with Gasteiger partial charge in [0.05, 0.1) is 6.10 Å². The monoisotopic (exact) mass is 234 g/mol. The van der Waals surface area contributed by atoms with Gasteiger partial charge in [0, 0.05) is 13.1 Å². The van der Waals surface area contributed by atoms with Crippen molar-refractivity contribution in [1.29, 1.82) is 0 Å². The Morgan fingerprint density at radius 1 is 1.35 bits per heavy atom. The van der Waals surface area contributed by atoms with E-state index in [1.54, 1.807) is 0 Å². The molecule has 0 radical (unpaired) electrons. The topological polar surface area (TPSA) is 64.4 Å². The zero-order valence-corrected chi connectivity index (χ0v) is 9.76. The van der Waals surface area contributed by atoms with Crippen LogP contribution in [0.4, 0.5) is 0 Å². The van der Waals surface area contributed by atoms with Crippen molar-refractivity contribution in [2.45, 2.75) is 31.6 Å². The molecule has 92 valence electrons. The van der Waals surface area contributed by atoms with Gasteiger partial charge in [-0.3, -0.25) is 4.79 Å². The van der Waals surface area contributed by atoms with Crippen LogP contribution in [0.2, 0.25) is 0 Å². The number of nitrogens with one attached hydrogen (secondary N) is 1. The third-order valence-electron chi connectivity index (χ3n) is 2.97. The van der Waals surface area contributed by atoms with Gasteiger partial charge >= 0.3 is 0 Å². The third-order valence-corrected chi connectivity index (χ3v) is 2.97. The van der Waals surface area contributed by atoms with Crippen molar-refractivity contribution in [2.75, 3.05) is 6.54 Å². The summed E-state index contributed by atoms with van der Waals surface area (Å²) in [5.74, 6) is -0.0372. The maximum atomic E-state index is 11.8. The highest BCUT2D eigenvalue weighted by molar-refractivity contribution is 5.81. The number of amides is 1. The smallest absolute Gasteiger partial charge is 0.249 e. The molecule has 2 atom stereocenters. The van der Waals surface area contributed by atoms with Gasteiger partial charge in [-0.1, -0.05) is 30.3 Å². The molecule has 2 unspecified atom stereocenters. The van der Waals surface area contributed by atoms with Crippen molar-refractivity contribution in [3.63, 3.8) is 0 Å². The highest BCUT2D eigenvalue weighted by atomic mass is 16.5. The van der Waals surface area contributed by atoms with E-state index in [1.165, 1.54) is 0 Å². The fraction of sp³-hybridized carbons (Fsp3) is 0.462. The standard InChI is InChI=1S/C13H18N2O2/c14-8-11-6-7-12(17-11)13(16)15-9-10-4-2-1-3-5-10/h1-5,11-12H,6-9,14H2,(H,15,16). The van der Waals surface area contributed by atoms with Crippen molar-refractivity contribution in [3.05, 3.63) is 35.9 Å². The minimum Gasteiger partial charge on any atom is -0.364 e. The largest absolute Gasteiger partial charge is 0.364 e. The van der Waals surface area contributed by atoms with Gasteiger partial charge < -0.3 is 15.8 Å². The Labute approximate surface area is 101 Å². The van der Waals surface area contributed by atoms with Crippen LogP contribution in [0.25, 0.3) is 0 Å². The average molecular weight is 234 g/mol. The molecule has 2 rings (SSSR count). The minimum atomic E-state index is -0.327. The van der Waals surface area contributed by atoms with E-state index in [1.807, 2.05) is 30.3 Å². The molecule has 4 nitrogen and oxygen atoms in total. The summed E-state index contributed by atoms with van der Waals surface area (Å²) < 4.78 is 5.52. The van der Waals surface area contributed by atoms with Gasteiger partial charge in [0.1, 0.15) is 6.10 Å². The van der Waals surface area contributed by atoms with Gasteiger partial charge in [0.2, 0.25) is 5.91 Å². The number of nitrogens with two attached hydrogens (primary N) is 1. The van der Waals surface area contributed by atoms with E-state index in [9.17, 15) is 4.79 Å². The fourth-order valence-electron chi connectivity index (χ4n) is 1.97. The highest BCUT2D eigenvalue weighted by Gasteiger charge is 2.29. The first-order chi connectivity index (χ1) is 8.29. The van der Waals surface area contributed by atoms with Gasteiger partial charge in [-0.2, -0.15) is 0 Å². The van der Waals surface area contributed by atoms with E-state index in [0.29, 0.717) is 13.1 Å². The summed E-state index contributed by atoms with van der Waals surface area (Å²) in [7, 11) is 0. The second-order valence-corrected chi connectivity index (χ2v) is 4.26. The predicted molar refractivity (Wildman–Crippen MR) is 65.2 cm³/mol. The Morgan fingerprint density at radius 2 is 2.12 bits per heavy atom. The lowest BCUT2D eigenvalue weighted by atomic mass is 10.2. The molecule has 1 aromatic rings. The molecule has 1 heterocycles. The van der Waals surface area contributed by atoms with Crippen LogP contribution in [-0.4, -0.2) is 24.7 Å². The molecule has 0 bridgehead atoms. The SMILES string of the molecule is NCC1CCC(C(=O)NCc2ccccc2)O1. The first kappa shape index (κ1) is 12.1. The lowest BCUT2D eigenvalue weighted by Gasteiger charge is -2.12. The summed E-state index contributed by atoms with van der Waals surface area (Å²) in [5, 5.41) is 2.88. The summed E-state index contributed by atoms with van der Waals surface area (Å²) in [4.78, 5) is 11.8. The fourth-order valence-corrected chi connectivity index (χ4v) is 1.97. The Balaban J connectivity index is 1.78. The van der Waals surface area contributed by atoms with Crippen LogP contribution in [0.15, 0.2) is 30.3 Å². The van der Waals surface area contributed by atoms with Crippen LogP contribution in [0.1, 0.15) is 18.4 Å². The number of ether oxygens (including phenoxy) is 1. The third kappa shape index (κ3) is 3.28. The molecule has 0 saturated carbocycles. The molecule has 1 aromatic carbocycles. The lowest BCUT2D eigenvalue weighted by Crippen LogP contribution is -2.35. The molecule has 1 aliphatic heterocycles. The van der Waals surface area contributed by atoms with Gasteiger partial charge in [0.25, 0.3) is 0 Å². The van der Waals surface area contributed by atoms with Crippen LogP contribution >= 0.6 is 0 Å². The van der Waals surface area contributed by atoms with Crippen molar-refractivity contribution in [1.82, 2.24) is 5.32 Å². The predicted octanol–water partition coefficient (Wildman–Crippen LogP) is 0.809. The molecular formula is C13H18N2O2. The van der Waals surface area contributed by atoms with Crippen molar-refractivity contribution in [3.8, 4) is 0 Å². The number of hydrogen-bond donors (Lipinski definition) is 2. The van der Waals surface area contributed by atoms with Gasteiger partial charge in [0.15, 0.2) is 0 Å². The van der Waals surface area contributed by atoms with E-state index < -0.39 is 0 Å². The Bertz CT molecular complexity index is 367. The summed E-state index contributed by atoms with van der Waals surface area (Å²) in [6, 6.07) is 9.84. The normalized spacial score (nSPS) is 23.6. The second kappa shape index (κ2) is 5.80. The van der Waals surface area contributed by atoms with E-state index in [0.717, 1.165) is 18.4 Å². The number of carbonyl (C=O) groups excluding carboxylic acids is 1. The van der Waals surface area contributed by atoms with Crippen molar-refractivity contribution < 1.29 is 9.53 Å². The second-order valence-electron chi connectivity index (χ2n) is 4.26. The lowest BCUT2D eigenvalue weighted by molar-refractivity contribution is -0.132. The zero-order valence-electron chi connectivity index (χ0n) is 9.76. The summed E-state index contributed by atoms with van der Waals surface area (Å²) in [5.41, 5.74) is 6.60. The van der Waals surface area contributed by atoms with Crippen LogP contribution in [0.3, 0.4) is 0 Å². The molecule has 3 N–H and O–H groups in total. The quantitative estimate of drug-likeness (QED) is 0.810. The molecule has 1 saturated heterocycles. The number of carbonyl (C=O) groups is 1. The van der Waals surface area contributed by atoms with Crippen LogP contribution in [0, 0.1) is 0 Å². The number of benzene rings is 1. The van der Waals surface area contributed by atoms with E-state index in [2.05, 4.69) is 5.32 Å². The molecule has 4 heteroatoms. The molecule has 0 spiro atoms. The van der Waals surface area contributed by atoms with Crippen LogP contribution < -0.4 is 11.1 Å². The summed E-state index contributed by atoms with van der Waals surface area (Å²) in [6.45, 7) is 1.04. The minimum absolute atomic E-state index is 0.0372. The van der Waals surface area contributed by atoms with Crippen LogP contribution in [0.5, 0.6) is 0 Å². The Morgan fingerprint density at radius 3 is 2.76 bits per heavy atom. The molecule has 0 aromatic heterocycles. The maximum Gasteiger partial charge on any atom is 0.249 e. The first-order valence-electron chi connectivity index (χ1n) is 5.96. The molecule has 0 aliphatic carbocycles. The Kier molecular flexibility index (Phi) is 4.12. The molecule has 1 amide bonds. The van der Waals surface area contributed by atoms with Crippen molar-refractivity contribution in [2.24, 2.45) is 5.73 Å². The van der Waals surface area contributed by atoms with Crippen LogP contribution in [-0.2, 0) is 16.1 Å². The summed E-state index contributed by atoms with van der Waals surface area (Å²) in [6.07, 6.45) is 1.36. The zero-order chi connectivity index (χ0) is 12.1. The molecule has 1 aliphatic rings. The van der Waals surface area contributed by atoms with Gasteiger partial charge in [-0.25, -0.2) is 0 Å².